The second-order valence-electron chi connectivity index (χ2n) is 4.84. The first-order valence-corrected chi connectivity index (χ1v) is 6.15. The SMILES string of the molecule is O=C(OCc1ccccc1)C1CC2CC1C(=O)O2. The molecule has 1 aliphatic heterocycles. The molecule has 1 saturated heterocycles. The molecule has 0 aromatic heterocycles. The number of esters is 2. The summed E-state index contributed by atoms with van der Waals surface area (Å²) in [7, 11) is 0. The Kier molecular flexibility index (Phi) is 2.78. The minimum absolute atomic E-state index is 0.0724. The van der Waals surface area contributed by atoms with Gasteiger partial charge in [-0.05, 0) is 18.4 Å². The van der Waals surface area contributed by atoms with E-state index in [1.165, 1.54) is 0 Å². The van der Waals surface area contributed by atoms with Crippen LogP contribution in [0.3, 0.4) is 0 Å². The number of hydrogen-bond acceptors (Lipinski definition) is 4. The second-order valence-corrected chi connectivity index (χ2v) is 4.84. The Morgan fingerprint density at radius 2 is 2.06 bits per heavy atom. The zero-order valence-corrected chi connectivity index (χ0v) is 9.87. The Hall–Kier alpha value is -1.84. The van der Waals surface area contributed by atoms with Crippen molar-refractivity contribution < 1.29 is 19.1 Å². The van der Waals surface area contributed by atoms with Crippen LogP contribution in [-0.2, 0) is 25.7 Å². The van der Waals surface area contributed by atoms with Crippen LogP contribution in [0.25, 0.3) is 0 Å². The van der Waals surface area contributed by atoms with E-state index in [-0.39, 0.29) is 36.5 Å². The molecule has 3 atom stereocenters. The molecular formula is C14H14O4. The summed E-state index contributed by atoms with van der Waals surface area (Å²) in [6.07, 6.45) is 1.21. The Labute approximate surface area is 105 Å². The van der Waals surface area contributed by atoms with E-state index < -0.39 is 0 Å². The van der Waals surface area contributed by atoms with E-state index in [1.807, 2.05) is 30.3 Å². The number of fused-ring (bicyclic) bond motifs is 2. The zero-order chi connectivity index (χ0) is 12.5. The Bertz CT molecular complexity index is 468. The van der Waals surface area contributed by atoms with Crippen LogP contribution in [0.1, 0.15) is 18.4 Å². The highest BCUT2D eigenvalue weighted by Crippen LogP contribution is 2.41. The van der Waals surface area contributed by atoms with Crippen LogP contribution in [0.5, 0.6) is 0 Å². The van der Waals surface area contributed by atoms with Gasteiger partial charge in [-0.2, -0.15) is 0 Å². The standard InChI is InChI=1S/C14H14O4/c15-13(17-8-9-4-2-1-3-5-9)11-6-10-7-12(11)14(16)18-10/h1-5,10-12H,6-8H2. The monoisotopic (exact) mass is 246 g/mol. The lowest BCUT2D eigenvalue weighted by molar-refractivity contribution is -0.163. The van der Waals surface area contributed by atoms with Gasteiger partial charge < -0.3 is 9.47 Å². The van der Waals surface area contributed by atoms with Crippen molar-refractivity contribution in [1.29, 1.82) is 0 Å². The molecule has 1 heterocycles. The van der Waals surface area contributed by atoms with Gasteiger partial charge >= 0.3 is 11.9 Å². The topological polar surface area (TPSA) is 52.6 Å². The first kappa shape index (κ1) is 11.3. The number of benzene rings is 1. The molecule has 3 rings (SSSR count). The van der Waals surface area contributed by atoms with E-state index in [0.29, 0.717) is 12.8 Å². The van der Waals surface area contributed by atoms with Gasteiger partial charge in [0, 0.05) is 0 Å². The number of hydrogen-bond donors (Lipinski definition) is 0. The van der Waals surface area contributed by atoms with Gasteiger partial charge in [-0.3, -0.25) is 9.59 Å². The zero-order valence-electron chi connectivity index (χ0n) is 9.87. The smallest absolute Gasteiger partial charge is 0.310 e. The van der Waals surface area contributed by atoms with Gasteiger partial charge in [0.15, 0.2) is 0 Å². The maximum absolute atomic E-state index is 11.9. The number of ether oxygens (including phenoxy) is 2. The Morgan fingerprint density at radius 1 is 1.28 bits per heavy atom. The van der Waals surface area contributed by atoms with Crippen LogP contribution in [0, 0.1) is 11.8 Å². The second kappa shape index (κ2) is 4.44. The maximum Gasteiger partial charge on any atom is 0.310 e. The fourth-order valence-corrected chi connectivity index (χ4v) is 2.70. The van der Waals surface area contributed by atoms with Crippen molar-refractivity contribution in [3.8, 4) is 0 Å². The highest BCUT2D eigenvalue weighted by Gasteiger charge is 2.51. The summed E-state index contributed by atoms with van der Waals surface area (Å²) in [5.74, 6) is -1.10. The van der Waals surface area contributed by atoms with Crippen LogP contribution in [-0.4, -0.2) is 18.0 Å². The largest absolute Gasteiger partial charge is 0.462 e. The minimum Gasteiger partial charge on any atom is -0.462 e. The molecule has 4 nitrogen and oxygen atoms in total. The molecule has 1 aromatic carbocycles. The van der Waals surface area contributed by atoms with Crippen molar-refractivity contribution in [2.45, 2.75) is 25.6 Å². The molecule has 0 N–H and O–H groups in total. The molecule has 0 radical (unpaired) electrons. The van der Waals surface area contributed by atoms with Gasteiger partial charge in [-0.1, -0.05) is 30.3 Å². The lowest BCUT2D eigenvalue weighted by Crippen LogP contribution is -2.30. The Morgan fingerprint density at radius 3 is 2.72 bits per heavy atom. The van der Waals surface area contributed by atoms with E-state index in [4.69, 9.17) is 9.47 Å². The lowest BCUT2D eigenvalue weighted by atomic mass is 9.96. The summed E-state index contributed by atoms with van der Waals surface area (Å²) >= 11 is 0. The fourth-order valence-electron chi connectivity index (χ4n) is 2.70. The van der Waals surface area contributed by atoms with Crippen molar-refractivity contribution in [2.75, 3.05) is 0 Å². The first-order chi connectivity index (χ1) is 8.74. The van der Waals surface area contributed by atoms with Crippen molar-refractivity contribution >= 4 is 11.9 Å². The van der Waals surface area contributed by atoms with Crippen LogP contribution in [0.4, 0.5) is 0 Å². The molecule has 2 aliphatic rings. The van der Waals surface area contributed by atoms with Crippen molar-refractivity contribution in [2.24, 2.45) is 11.8 Å². The molecule has 4 heteroatoms. The molecule has 1 aliphatic carbocycles. The lowest BCUT2D eigenvalue weighted by Gasteiger charge is -2.19. The molecule has 94 valence electrons. The molecular weight excluding hydrogens is 232 g/mol. The summed E-state index contributed by atoms with van der Waals surface area (Å²) in [6.45, 7) is 0.266. The van der Waals surface area contributed by atoms with Gasteiger partial charge in [0.2, 0.25) is 0 Å². The number of carbonyl (C=O) groups is 2. The Balaban J connectivity index is 1.58. The summed E-state index contributed by atoms with van der Waals surface area (Å²) in [5.41, 5.74) is 0.955. The van der Waals surface area contributed by atoms with Gasteiger partial charge in [-0.15, -0.1) is 0 Å². The van der Waals surface area contributed by atoms with Crippen LogP contribution in [0.2, 0.25) is 0 Å². The minimum atomic E-state index is -0.306. The first-order valence-electron chi connectivity index (χ1n) is 6.15. The van der Waals surface area contributed by atoms with Crippen LogP contribution >= 0.6 is 0 Å². The van der Waals surface area contributed by atoms with E-state index >= 15 is 0 Å². The summed E-state index contributed by atoms with van der Waals surface area (Å²) < 4.78 is 10.3. The molecule has 0 amide bonds. The maximum atomic E-state index is 11.9. The summed E-state index contributed by atoms with van der Waals surface area (Å²) in [6, 6.07) is 9.53. The molecule has 0 spiro atoms. The van der Waals surface area contributed by atoms with E-state index in [9.17, 15) is 9.59 Å². The molecule has 18 heavy (non-hydrogen) atoms. The van der Waals surface area contributed by atoms with E-state index in [0.717, 1.165) is 5.56 Å². The van der Waals surface area contributed by atoms with Gasteiger partial charge in [-0.25, -0.2) is 0 Å². The van der Waals surface area contributed by atoms with Gasteiger partial charge in [0.05, 0.1) is 11.8 Å². The van der Waals surface area contributed by atoms with Crippen molar-refractivity contribution in [3.63, 3.8) is 0 Å². The number of rotatable bonds is 3. The third-order valence-corrected chi connectivity index (χ3v) is 3.63. The molecule has 1 aromatic rings. The van der Waals surface area contributed by atoms with Crippen molar-refractivity contribution in [3.05, 3.63) is 35.9 Å². The third-order valence-electron chi connectivity index (χ3n) is 3.63. The predicted octanol–water partition coefficient (Wildman–Crippen LogP) is 1.68. The van der Waals surface area contributed by atoms with Crippen LogP contribution in [0.15, 0.2) is 30.3 Å². The average Bonchev–Trinajstić information content (AvgIpc) is 2.96. The average molecular weight is 246 g/mol. The van der Waals surface area contributed by atoms with Gasteiger partial charge in [0.25, 0.3) is 0 Å². The normalized spacial score (nSPS) is 29.1. The third kappa shape index (κ3) is 1.98. The summed E-state index contributed by atoms with van der Waals surface area (Å²) in [5, 5.41) is 0. The molecule has 3 unspecified atom stereocenters. The van der Waals surface area contributed by atoms with E-state index in [1.54, 1.807) is 0 Å². The number of carbonyl (C=O) groups excluding carboxylic acids is 2. The quantitative estimate of drug-likeness (QED) is 0.761. The highest BCUT2D eigenvalue weighted by atomic mass is 16.6. The van der Waals surface area contributed by atoms with Gasteiger partial charge in [0.1, 0.15) is 12.7 Å². The summed E-state index contributed by atoms with van der Waals surface area (Å²) in [4.78, 5) is 23.3. The predicted molar refractivity (Wildman–Crippen MR) is 62.3 cm³/mol. The van der Waals surface area contributed by atoms with Crippen LogP contribution < -0.4 is 0 Å². The molecule has 2 bridgehead atoms. The van der Waals surface area contributed by atoms with E-state index in [2.05, 4.69) is 0 Å². The molecule has 1 saturated carbocycles. The molecule has 2 fully saturated rings. The highest BCUT2D eigenvalue weighted by molar-refractivity contribution is 5.85. The van der Waals surface area contributed by atoms with Crippen molar-refractivity contribution in [1.82, 2.24) is 0 Å². The fraction of sp³-hybridized carbons (Fsp3) is 0.429.